The maximum absolute atomic E-state index is 13.0. The minimum absolute atomic E-state index is 0. The average molecular weight is 477 g/mol. The lowest BCUT2D eigenvalue weighted by molar-refractivity contribution is -0.137. The maximum atomic E-state index is 13.0. The van der Waals surface area contributed by atoms with Gasteiger partial charge >= 0.3 is 0 Å². The van der Waals surface area contributed by atoms with Crippen LogP contribution in [0, 0.1) is 11.7 Å². The Morgan fingerprint density at radius 2 is 1.67 bits per heavy atom. The standard InChI is InChI=1S/C24H29FN4O3.ClH/c1-16(22(30)28-20-9-7-19(25)8-10-20)27-23(31)18-11-13-29(14-12-18)24(32)21(26)15-17-5-3-2-4-6-17;/h2-10,16,18,21H,11-15,26H2,1H3,(H,27,31)(H,28,30);1H/t16-,21-;/m0./s1. The summed E-state index contributed by atoms with van der Waals surface area (Å²) in [6.45, 7) is 2.50. The topological polar surface area (TPSA) is 105 Å². The molecule has 2 aromatic carbocycles. The summed E-state index contributed by atoms with van der Waals surface area (Å²) in [6.07, 6.45) is 1.50. The molecule has 178 valence electrons. The third-order valence-corrected chi connectivity index (χ3v) is 5.66. The summed E-state index contributed by atoms with van der Waals surface area (Å²) in [6, 6.07) is 13.7. The van der Waals surface area contributed by atoms with E-state index >= 15 is 0 Å². The van der Waals surface area contributed by atoms with Crippen LogP contribution in [-0.2, 0) is 20.8 Å². The van der Waals surface area contributed by atoms with Crippen molar-refractivity contribution >= 4 is 35.8 Å². The first-order valence-electron chi connectivity index (χ1n) is 10.8. The van der Waals surface area contributed by atoms with Crippen LogP contribution in [0.5, 0.6) is 0 Å². The molecule has 1 saturated heterocycles. The first-order valence-corrected chi connectivity index (χ1v) is 10.8. The molecular formula is C24H30ClFN4O3. The number of amides is 3. The molecule has 0 aromatic heterocycles. The van der Waals surface area contributed by atoms with Gasteiger partial charge in [-0.1, -0.05) is 30.3 Å². The van der Waals surface area contributed by atoms with Crippen molar-refractivity contribution in [1.29, 1.82) is 0 Å². The van der Waals surface area contributed by atoms with Crippen LogP contribution in [0.25, 0.3) is 0 Å². The number of hydrogen-bond donors (Lipinski definition) is 3. The fraction of sp³-hybridized carbons (Fsp3) is 0.375. The van der Waals surface area contributed by atoms with Gasteiger partial charge < -0.3 is 21.3 Å². The number of carbonyl (C=O) groups is 3. The monoisotopic (exact) mass is 476 g/mol. The van der Waals surface area contributed by atoms with Crippen molar-refractivity contribution in [2.24, 2.45) is 11.7 Å². The van der Waals surface area contributed by atoms with Crippen LogP contribution in [0.4, 0.5) is 10.1 Å². The average Bonchev–Trinajstić information content (AvgIpc) is 2.80. The van der Waals surface area contributed by atoms with E-state index in [4.69, 9.17) is 5.73 Å². The van der Waals surface area contributed by atoms with E-state index in [1.807, 2.05) is 30.3 Å². The Morgan fingerprint density at radius 3 is 2.27 bits per heavy atom. The number of carbonyl (C=O) groups excluding carboxylic acids is 3. The lowest BCUT2D eigenvalue weighted by Gasteiger charge is -2.33. The quantitative estimate of drug-likeness (QED) is 0.571. The molecule has 9 heteroatoms. The Bertz CT molecular complexity index is 934. The van der Waals surface area contributed by atoms with Gasteiger partial charge in [-0.05, 0) is 56.0 Å². The highest BCUT2D eigenvalue weighted by molar-refractivity contribution is 5.97. The summed E-state index contributed by atoms with van der Waals surface area (Å²) >= 11 is 0. The number of nitrogens with two attached hydrogens (primary N) is 1. The van der Waals surface area contributed by atoms with E-state index in [0.717, 1.165) is 5.56 Å². The van der Waals surface area contributed by atoms with Crippen LogP contribution >= 0.6 is 12.4 Å². The molecule has 2 aromatic rings. The lowest BCUT2D eigenvalue weighted by Crippen LogP contribution is -2.51. The Morgan fingerprint density at radius 1 is 1.06 bits per heavy atom. The van der Waals surface area contributed by atoms with Crippen molar-refractivity contribution in [3.05, 3.63) is 66.0 Å². The number of nitrogens with one attached hydrogen (secondary N) is 2. The Labute approximate surface area is 199 Å². The number of benzene rings is 2. The Hall–Kier alpha value is -2.97. The molecule has 1 aliphatic rings. The zero-order valence-electron chi connectivity index (χ0n) is 18.5. The van der Waals surface area contributed by atoms with Crippen molar-refractivity contribution < 1.29 is 18.8 Å². The normalized spacial score (nSPS) is 15.7. The van der Waals surface area contributed by atoms with Crippen LogP contribution in [0.3, 0.4) is 0 Å². The van der Waals surface area contributed by atoms with Gasteiger partial charge in [0, 0.05) is 24.7 Å². The molecule has 0 spiro atoms. The summed E-state index contributed by atoms with van der Waals surface area (Å²) in [7, 11) is 0. The van der Waals surface area contributed by atoms with Gasteiger partial charge in [0.1, 0.15) is 11.9 Å². The van der Waals surface area contributed by atoms with Gasteiger partial charge in [0.15, 0.2) is 0 Å². The van der Waals surface area contributed by atoms with Crippen molar-refractivity contribution in [3.8, 4) is 0 Å². The van der Waals surface area contributed by atoms with Crippen molar-refractivity contribution in [1.82, 2.24) is 10.2 Å². The second-order valence-corrected chi connectivity index (χ2v) is 8.12. The number of hydrogen-bond acceptors (Lipinski definition) is 4. The van der Waals surface area contributed by atoms with Crippen LogP contribution in [-0.4, -0.2) is 47.8 Å². The smallest absolute Gasteiger partial charge is 0.246 e. The Balaban J connectivity index is 0.00000385. The van der Waals surface area contributed by atoms with E-state index in [9.17, 15) is 18.8 Å². The fourth-order valence-electron chi connectivity index (χ4n) is 3.73. The van der Waals surface area contributed by atoms with Gasteiger partial charge in [-0.25, -0.2) is 4.39 Å². The highest BCUT2D eigenvalue weighted by Gasteiger charge is 2.30. The number of nitrogens with zero attached hydrogens (tertiary/aromatic N) is 1. The van der Waals surface area contributed by atoms with E-state index < -0.39 is 17.9 Å². The van der Waals surface area contributed by atoms with Gasteiger partial charge in [0.25, 0.3) is 0 Å². The molecule has 0 unspecified atom stereocenters. The summed E-state index contributed by atoms with van der Waals surface area (Å²) in [5, 5.41) is 5.37. The van der Waals surface area contributed by atoms with Crippen LogP contribution in [0.15, 0.2) is 54.6 Å². The third kappa shape index (κ3) is 7.54. The number of rotatable bonds is 7. The molecule has 1 aliphatic heterocycles. The van der Waals surface area contributed by atoms with Crippen LogP contribution in [0.2, 0.25) is 0 Å². The zero-order valence-corrected chi connectivity index (χ0v) is 19.3. The molecule has 0 radical (unpaired) electrons. The third-order valence-electron chi connectivity index (χ3n) is 5.66. The molecule has 33 heavy (non-hydrogen) atoms. The maximum Gasteiger partial charge on any atom is 0.246 e. The summed E-state index contributed by atoms with van der Waals surface area (Å²) in [4.78, 5) is 39.3. The van der Waals surface area contributed by atoms with E-state index in [1.165, 1.54) is 24.3 Å². The Kier molecular flexibility index (Phi) is 9.81. The number of piperidine rings is 1. The molecule has 0 bridgehead atoms. The highest BCUT2D eigenvalue weighted by Crippen LogP contribution is 2.19. The van der Waals surface area contributed by atoms with Gasteiger partial charge in [-0.15, -0.1) is 12.4 Å². The molecule has 0 aliphatic carbocycles. The van der Waals surface area contributed by atoms with Crippen molar-refractivity contribution in [2.75, 3.05) is 18.4 Å². The van der Waals surface area contributed by atoms with Gasteiger partial charge in [0.2, 0.25) is 17.7 Å². The first kappa shape index (κ1) is 26.3. The first-order chi connectivity index (χ1) is 15.3. The van der Waals surface area contributed by atoms with Gasteiger partial charge in [-0.2, -0.15) is 0 Å². The summed E-state index contributed by atoms with van der Waals surface area (Å²) in [5.41, 5.74) is 7.57. The van der Waals surface area contributed by atoms with Gasteiger partial charge in [0.05, 0.1) is 6.04 Å². The molecule has 4 N–H and O–H groups in total. The van der Waals surface area contributed by atoms with Crippen LogP contribution in [0.1, 0.15) is 25.3 Å². The molecule has 3 rings (SSSR count). The molecule has 1 heterocycles. The highest BCUT2D eigenvalue weighted by atomic mass is 35.5. The van der Waals surface area contributed by atoms with Crippen molar-refractivity contribution in [2.45, 2.75) is 38.3 Å². The number of halogens is 2. The van der Waals surface area contributed by atoms with Gasteiger partial charge in [-0.3, -0.25) is 14.4 Å². The lowest BCUT2D eigenvalue weighted by atomic mass is 9.94. The van der Waals surface area contributed by atoms with E-state index in [0.29, 0.717) is 38.0 Å². The number of likely N-dealkylation sites (tertiary alicyclic amines) is 1. The number of anilines is 1. The zero-order chi connectivity index (χ0) is 23.1. The molecule has 1 fully saturated rings. The predicted octanol–water partition coefficient (Wildman–Crippen LogP) is 2.50. The fourth-order valence-corrected chi connectivity index (χ4v) is 3.73. The predicted molar refractivity (Wildman–Crippen MR) is 127 cm³/mol. The second kappa shape index (κ2) is 12.3. The SMILES string of the molecule is C[C@H](NC(=O)C1CCN(C(=O)[C@@H](N)Cc2ccccc2)CC1)C(=O)Nc1ccc(F)cc1.Cl. The summed E-state index contributed by atoms with van der Waals surface area (Å²) < 4.78 is 13.0. The molecule has 7 nitrogen and oxygen atoms in total. The van der Waals surface area contributed by atoms with E-state index in [1.54, 1.807) is 11.8 Å². The van der Waals surface area contributed by atoms with E-state index in [2.05, 4.69) is 10.6 Å². The van der Waals surface area contributed by atoms with E-state index in [-0.39, 0.29) is 36.0 Å². The second-order valence-electron chi connectivity index (χ2n) is 8.12. The molecular weight excluding hydrogens is 447 g/mol. The molecule has 0 saturated carbocycles. The molecule has 2 atom stereocenters. The minimum Gasteiger partial charge on any atom is -0.344 e. The van der Waals surface area contributed by atoms with Crippen molar-refractivity contribution in [3.63, 3.8) is 0 Å². The molecule has 3 amide bonds. The van der Waals surface area contributed by atoms with Crippen LogP contribution < -0.4 is 16.4 Å². The minimum atomic E-state index is -0.744. The largest absolute Gasteiger partial charge is 0.344 e. The summed E-state index contributed by atoms with van der Waals surface area (Å²) in [5.74, 6) is -1.38.